The van der Waals surface area contributed by atoms with E-state index >= 15 is 0 Å². The number of rotatable bonds is 5. The van der Waals surface area contributed by atoms with E-state index in [1.54, 1.807) is 18.2 Å². The lowest BCUT2D eigenvalue weighted by atomic mass is 10.0. The number of halogens is 1. The predicted octanol–water partition coefficient (Wildman–Crippen LogP) is 2.88. The lowest BCUT2D eigenvalue weighted by Crippen LogP contribution is -2.29. The smallest absolute Gasteiger partial charge is 0.223 e. The zero-order valence-corrected chi connectivity index (χ0v) is 9.79. The SMILES string of the molecule is CCC(CC)C(=O)NCc1ccccc1F. The topological polar surface area (TPSA) is 29.1 Å². The average molecular weight is 223 g/mol. The molecule has 0 heterocycles. The molecule has 0 bridgehead atoms. The summed E-state index contributed by atoms with van der Waals surface area (Å²) in [6, 6.07) is 6.49. The molecule has 0 radical (unpaired) electrons. The molecule has 1 rings (SSSR count). The molecule has 1 aromatic carbocycles. The van der Waals surface area contributed by atoms with Crippen molar-refractivity contribution in [1.29, 1.82) is 0 Å². The van der Waals surface area contributed by atoms with Crippen molar-refractivity contribution in [3.8, 4) is 0 Å². The van der Waals surface area contributed by atoms with Gasteiger partial charge in [0.15, 0.2) is 0 Å². The standard InChI is InChI=1S/C13H18FNO/c1-3-10(4-2)13(16)15-9-11-7-5-6-8-12(11)14/h5-8,10H,3-4,9H2,1-2H3,(H,15,16). The molecule has 1 aromatic rings. The Kier molecular flexibility index (Phi) is 4.96. The van der Waals surface area contributed by atoms with Gasteiger partial charge < -0.3 is 5.32 Å². The molecule has 0 atom stereocenters. The molecule has 0 unspecified atom stereocenters. The van der Waals surface area contributed by atoms with Crippen LogP contribution in [-0.2, 0) is 11.3 Å². The number of nitrogens with one attached hydrogen (secondary N) is 1. The first kappa shape index (κ1) is 12.7. The van der Waals surface area contributed by atoms with Crippen LogP contribution < -0.4 is 5.32 Å². The fourth-order valence-corrected chi connectivity index (χ4v) is 1.63. The van der Waals surface area contributed by atoms with Crippen LogP contribution in [0.4, 0.5) is 4.39 Å². The fourth-order valence-electron chi connectivity index (χ4n) is 1.63. The van der Waals surface area contributed by atoms with E-state index in [0.717, 1.165) is 12.8 Å². The van der Waals surface area contributed by atoms with E-state index in [1.807, 2.05) is 13.8 Å². The van der Waals surface area contributed by atoms with Crippen LogP contribution in [0.2, 0.25) is 0 Å². The van der Waals surface area contributed by atoms with Crippen molar-refractivity contribution in [2.24, 2.45) is 5.92 Å². The van der Waals surface area contributed by atoms with E-state index in [-0.39, 0.29) is 24.2 Å². The number of hydrogen-bond acceptors (Lipinski definition) is 1. The normalized spacial score (nSPS) is 10.5. The Morgan fingerprint density at radius 3 is 2.50 bits per heavy atom. The summed E-state index contributed by atoms with van der Waals surface area (Å²) in [5.74, 6) is -0.229. The average Bonchev–Trinajstić information content (AvgIpc) is 2.29. The van der Waals surface area contributed by atoms with Gasteiger partial charge in [-0.3, -0.25) is 4.79 Å². The highest BCUT2D eigenvalue weighted by molar-refractivity contribution is 5.78. The molecule has 3 heteroatoms. The third-order valence-corrected chi connectivity index (χ3v) is 2.77. The van der Waals surface area contributed by atoms with Crippen molar-refractivity contribution in [1.82, 2.24) is 5.32 Å². The maximum absolute atomic E-state index is 13.3. The van der Waals surface area contributed by atoms with Crippen LogP contribution in [0.3, 0.4) is 0 Å². The zero-order chi connectivity index (χ0) is 12.0. The quantitative estimate of drug-likeness (QED) is 0.817. The maximum atomic E-state index is 13.3. The first-order chi connectivity index (χ1) is 7.69. The van der Waals surface area contributed by atoms with E-state index < -0.39 is 0 Å². The number of hydrogen-bond donors (Lipinski definition) is 1. The van der Waals surface area contributed by atoms with E-state index in [1.165, 1.54) is 6.07 Å². The van der Waals surface area contributed by atoms with Crippen molar-refractivity contribution in [2.75, 3.05) is 0 Å². The van der Waals surface area contributed by atoms with Crippen molar-refractivity contribution in [3.63, 3.8) is 0 Å². The molecule has 0 aliphatic carbocycles. The van der Waals surface area contributed by atoms with Crippen molar-refractivity contribution in [3.05, 3.63) is 35.6 Å². The van der Waals surface area contributed by atoms with Crippen LogP contribution in [0.1, 0.15) is 32.3 Å². The number of carbonyl (C=O) groups is 1. The Hall–Kier alpha value is -1.38. The van der Waals surface area contributed by atoms with Crippen molar-refractivity contribution >= 4 is 5.91 Å². The Labute approximate surface area is 95.9 Å². The summed E-state index contributed by atoms with van der Waals surface area (Å²) in [5.41, 5.74) is 0.529. The molecular weight excluding hydrogens is 205 g/mol. The van der Waals surface area contributed by atoms with Gasteiger partial charge in [0.1, 0.15) is 5.82 Å². The molecule has 0 fully saturated rings. The molecule has 16 heavy (non-hydrogen) atoms. The van der Waals surface area contributed by atoms with E-state index in [0.29, 0.717) is 5.56 Å². The molecule has 1 N–H and O–H groups in total. The highest BCUT2D eigenvalue weighted by Crippen LogP contribution is 2.09. The Bertz CT molecular complexity index is 348. The molecular formula is C13H18FNO. The summed E-state index contributed by atoms with van der Waals surface area (Å²) in [6.07, 6.45) is 1.64. The highest BCUT2D eigenvalue weighted by Gasteiger charge is 2.13. The molecule has 0 saturated carbocycles. The van der Waals surface area contributed by atoms with Crippen LogP contribution in [-0.4, -0.2) is 5.91 Å². The minimum atomic E-state index is -0.271. The minimum Gasteiger partial charge on any atom is -0.352 e. The van der Waals surface area contributed by atoms with Crippen LogP contribution in [0.15, 0.2) is 24.3 Å². The van der Waals surface area contributed by atoms with Crippen molar-refractivity contribution < 1.29 is 9.18 Å². The summed E-state index contributed by atoms with van der Waals surface area (Å²) in [5, 5.41) is 2.76. The number of benzene rings is 1. The minimum absolute atomic E-state index is 0.00764. The second-order valence-corrected chi connectivity index (χ2v) is 3.82. The molecule has 0 aromatic heterocycles. The number of amides is 1. The van der Waals surface area contributed by atoms with Gasteiger partial charge in [-0.1, -0.05) is 32.0 Å². The molecule has 2 nitrogen and oxygen atoms in total. The summed E-state index contributed by atoms with van der Waals surface area (Å²) in [7, 11) is 0. The molecule has 0 saturated heterocycles. The van der Waals surface area contributed by atoms with Crippen LogP contribution in [0.5, 0.6) is 0 Å². The monoisotopic (exact) mass is 223 g/mol. The van der Waals surface area contributed by atoms with Gasteiger partial charge in [-0.15, -0.1) is 0 Å². The summed E-state index contributed by atoms with van der Waals surface area (Å²) in [4.78, 5) is 11.7. The van der Waals surface area contributed by atoms with Gasteiger partial charge in [0, 0.05) is 18.0 Å². The number of carbonyl (C=O) groups excluding carboxylic acids is 1. The van der Waals surface area contributed by atoms with Gasteiger partial charge >= 0.3 is 0 Å². The largest absolute Gasteiger partial charge is 0.352 e. The van der Waals surface area contributed by atoms with Gasteiger partial charge in [0.25, 0.3) is 0 Å². The molecule has 0 aliphatic heterocycles. The molecule has 0 aliphatic rings. The summed E-state index contributed by atoms with van der Waals surface area (Å²) >= 11 is 0. The predicted molar refractivity (Wildman–Crippen MR) is 62.3 cm³/mol. The van der Waals surface area contributed by atoms with Gasteiger partial charge in [-0.05, 0) is 18.9 Å². The van der Waals surface area contributed by atoms with Crippen LogP contribution in [0.25, 0.3) is 0 Å². The second kappa shape index (κ2) is 6.26. The van der Waals surface area contributed by atoms with Crippen LogP contribution in [0, 0.1) is 11.7 Å². The van der Waals surface area contributed by atoms with E-state index in [9.17, 15) is 9.18 Å². The second-order valence-electron chi connectivity index (χ2n) is 3.82. The third kappa shape index (κ3) is 3.33. The zero-order valence-electron chi connectivity index (χ0n) is 9.79. The Morgan fingerprint density at radius 2 is 1.94 bits per heavy atom. The lowest BCUT2D eigenvalue weighted by Gasteiger charge is -2.12. The van der Waals surface area contributed by atoms with Gasteiger partial charge in [0.2, 0.25) is 5.91 Å². The van der Waals surface area contributed by atoms with Gasteiger partial charge in [-0.25, -0.2) is 4.39 Å². The Balaban J connectivity index is 2.52. The lowest BCUT2D eigenvalue weighted by molar-refractivity contribution is -0.125. The summed E-state index contributed by atoms with van der Waals surface area (Å²) in [6.45, 7) is 4.23. The van der Waals surface area contributed by atoms with Crippen molar-refractivity contribution in [2.45, 2.75) is 33.2 Å². The van der Waals surface area contributed by atoms with Crippen LogP contribution >= 0.6 is 0 Å². The van der Waals surface area contributed by atoms with E-state index in [2.05, 4.69) is 5.32 Å². The third-order valence-electron chi connectivity index (χ3n) is 2.77. The maximum Gasteiger partial charge on any atom is 0.223 e. The first-order valence-electron chi connectivity index (χ1n) is 5.70. The Morgan fingerprint density at radius 1 is 1.31 bits per heavy atom. The fraction of sp³-hybridized carbons (Fsp3) is 0.462. The molecule has 1 amide bonds. The summed E-state index contributed by atoms with van der Waals surface area (Å²) < 4.78 is 13.3. The highest BCUT2D eigenvalue weighted by atomic mass is 19.1. The molecule has 0 spiro atoms. The first-order valence-corrected chi connectivity index (χ1v) is 5.70. The van der Waals surface area contributed by atoms with Gasteiger partial charge in [0.05, 0.1) is 0 Å². The van der Waals surface area contributed by atoms with E-state index in [4.69, 9.17) is 0 Å². The molecule has 88 valence electrons. The van der Waals surface area contributed by atoms with Gasteiger partial charge in [-0.2, -0.15) is 0 Å².